The number of aliphatic carboxylic acids is 1. The lowest BCUT2D eigenvalue weighted by atomic mass is 9.99. The van der Waals surface area contributed by atoms with Gasteiger partial charge in [0.15, 0.2) is 0 Å². The highest BCUT2D eigenvalue weighted by atomic mass is 16.4. The van der Waals surface area contributed by atoms with Gasteiger partial charge in [0, 0.05) is 6.54 Å². The van der Waals surface area contributed by atoms with Crippen LogP contribution < -0.4 is 10.6 Å². The molecule has 0 bridgehead atoms. The van der Waals surface area contributed by atoms with Crippen molar-refractivity contribution in [2.24, 2.45) is 5.92 Å². The predicted octanol–water partition coefficient (Wildman–Crippen LogP) is 2.29. The van der Waals surface area contributed by atoms with E-state index in [2.05, 4.69) is 10.6 Å². The minimum absolute atomic E-state index is 0.113. The van der Waals surface area contributed by atoms with Gasteiger partial charge < -0.3 is 15.7 Å². The summed E-state index contributed by atoms with van der Waals surface area (Å²) in [6, 6.07) is 6.47. The van der Waals surface area contributed by atoms with Crippen molar-refractivity contribution < 1.29 is 14.7 Å². The fourth-order valence-electron chi connectivity index (χ4n) is 1.76. The Morgan fingerprint density at radius 1 is 1.25 bits per heavy atom. The third-order valence-electron chi connectivity index (χ3n) is 3.34. The summed E-state index contributed by atoms with van der Waals surface area (Å²) in [7, 11) is 0. The molecular formula is C15H22N2O3. The number of carbonyl (C=O) groups excluding carboxylic acids is 1. The highest BCUT2D eigenvalue weighted by molar-refractivity contribution is 5.82. The van der Waals surface area contributed by atoms with Crippen LogP contribution in [0.2, 0.25) is 0 Å². The van der Waals surface area contributed by atoms with Crippen LogP contribution in [0.4, 0.5) is 4.79 Å². The Morgan fingerprint density at radius 2 is 1.85 bits per heavy atom. The molecule has 0 aliphatic heterocycles. The standard InChI is InChI=1S/C15H22N2O3/c1-4-11(3)13(14(18)19)17-15(20)16-9-12-7-5-10(2)6-8-12/h5-8,11,13H,4,9H2,1-3H3,(H,18,19)(H2,16,17,20)/t11-,13+/m0/s1. The quantitative estimate of drug-likeness (QED) is 0.747. The van der Waals surface area contributed by atoms with Gasteiger partial charge in [0.25, 0.3) is 0 Å². The number of hydrogen-bond acceptors (Lipinski definition) is 2. The van der Waals surface area contributed by atoms with E-state index in [1.807, 2.05) is 38.1 Å². The van der Waals surface area contributed by atoms with E-state index < -0.39 is 18.0 Å². The molecule has 0 saturated heterocycles. The Bertz CT molecular complexity index is 457. The predicted molar refractivity (Wildman–Crippen MR) is 77.4 cm³/mol. The molecular weight excluding hydrogens is 256 g/mol. The van der Waals surface area contributed by atoms with E-state index in [-0.39, 0.29) is 5.92 Å². The highest BCUT2D eigenvalue weighted by Crippen LogP contribution is 2.08. The smallest absolute Gasteiger partial charge is 0.326 e. The largest absolute Gasteiger partial charge is 0.480 e. The Hall–Kier alpha value is -2.04. The molecule has 2 amide bonds. The van der Waals surface area contributed by atoms with Crippen LogP contribution in [0.5, 0.6) is 0 Å². The second-order valence-corrected chi connectivity index (χ2v) is 5.01. The summed E-state index contributed by atoms with van der Waals surface area (Å²) in [5, 5.41) is 14.3. The molecule has 0 fully saturated rings. The van der Waals surface area contributed by atoms with Crippen LogP contribution >= 0.6 is 0 Å². The summed E-state index contributed by atoms with van der Waals surface area (Å²) in [5.74, 6) is -1.12. The molecule has 0 aliphatic rings. The van der Waals surface area contributed by atoms with Gasteiger partial charge in [-0.2, -0.15) is 0 Å². The van der Waals surface area contributed by atoms with Crippen LogP contribution in [-0.4, -0.2) is 23.1 Å². The van der Waals surface area contributed by atoms with Crippen molar-refractivity contribution in [1.82, 2.24) is 10.6 Å². The molecule has 20 heavy (non-hydrogen) atoms. The van der Waals surface area contributed by atoms with Gasteiger partial charge in [-0.1, -0.05) is 50.1 Å². The molecule has 0 saturated carbocycles. The summed E-state index contributed by atoms with van der Waals surface area (Å²) in [6.45, 7) is 6.07. The van der Waals surface area contributed by atoms with Crippen molar-refractivity contribution in [2.45, 2.75) is 39.8 Å². The number of amides is 2. The number of nitrogens with one attached hydrogen (secondary N) is 2. The first kappa shape index (κ1) is 16.0. The molecule has 0 heterocycles. The fourth-order valence-corrected chi connectivity index (χ4v) is 1.76. The van der Waals surface area contributed by atoms with Crippen molar-refractivity contribution in [2.75, 3.05) is 0 Å². The van der Waals surface area contributed by atoms with E-state index in [0.717, 1.165) is 11.1 Å². The molecule has 2 atom stereocenters. The SMILES string of the molecule is CC[C@H](C)[C@@H](NC(=O)NCc1ccc(C)cc1)C(=O)O. The molecule has 1 rings (SSSR count). The highest BCUT2D eigenvalue weighted by Gasteiger charge is 2.24. The molecule has 0 spiro atoms. The zero-order chi connectivity index (χ0) is 15.1. The number of urea groups is 1. The number of hydrogen-bond donors (Lipinski definition) is 3. The summed E-state index contributed by atoms with van der Waals surface area (Å²) in [4.78, 5) is 22.8. The van der Waals surface area contributed by atoms with E-state index in [0.29, 0.717) is 13.0 Å². The van der Waals surface area contributed by atoms with E-state index in [1.165, 1.54) is 0 Å². The Kier molecular flexibility index (Phi) is 6.03. The van der Waals surface area contributed by atoms with Gasteiger partial charge in [-0.05, 0) is 18.4 Å². The van der Waals surface area contributed by atoms with Crippen molar-refractivity contribution in [3.8, 4) is 0 Å². The lowest BCUT2D eigenvalue weighted by molar-refractivity contribution is -0.140. The maximum atomic E-state index is 11.7. The number of aryl methyl sites for hydroxylation is 1. The number of carbonyl (C=O) groups is 2. The van der Waals surface area contributed by atoms with Crippen LogP contribution in [0.3, 0.4) is 0 Å². The van der Waals surface area contributed by atoms with Crippen LogP contribution in [0.15, 0.2) is 24.3 Å². The maximum absolute atomic E-state index is 11.7. The first-order valence-corrected chi connectivity index (χ1v) is 6.76. The van der Waals surface area contributed by atoms with Gasteiger partial charge >= 0.3 is 12.0 Å². The molecule has 0 aromatic heterocycles. The second kappa shape index (κ2) is 7.53. The zero-order valence-corrected chi connectivity index (χ0v) is 12.1. The Morgan fingerprint density at radius 3 is 2.35 bits per heavy atom. The van der Waals surface area contributed by atoms with Crippen molar-refractivity contribution in [3.05, 3.63) is 35.4 Å². The summed E-state index contributed by atoms with van der Waals surface area (Å²) < 4.78 is 0. The minimum atomic E-state index is -1.01. The van der Waals surface area contributed by atoms with Crippen LogP contribution in [-0.2, 0) is 11.3 Å². The number of benzene rings is 1. The van der Waals surface area contributed by atoms with Crippen LogP contribution in [0.1, 0.15) is 31.4 Å². The number of carboxylic acid groups (broad SMARTS) is 1. The molecule has 5 heteroatoms. The average molecular weight is 278 g/mol. The normalized spacial score (nSPS) is 13.3. The molecule has 1 aromatic rings. The second-order valence-electron chi connectivity index (χ2n) is 5.01. The van der Waals surface area contributed by atoms with Gasteiger partial charge in [-0.25, -0.2) is 9.59 Å². The van der Waals surface area contributed by atoms with Gasteiger partial charge in [-0.15, -0.1) is 0 Å². The monoisotopic (exact) mass is 278 g/mol. The van der Waals surface area contributed by atoms with Gasteiger partial charge in [0.2, 0.25) is 0 Å². The lowest BCUT2D eigenvalue weighted by Gasteiger charge is -2.20. The van der Waals surface area contributed by atoms with E-state index in [4.69, 9.17) is 5.11 Å². The summed E-state index contributed by atoms with van der Waals surface area (Å²) in [5.41, 5.74) is 2.13. The average Bonchev–Trinajstić information content (AvgIpc) is 2.43. The first-order valence-electron chi connectivity index (χ1n) is 6.76. The van der Waals surface area contributed by atoms with Crippen LogP contribution in [0, 0.1) is 12.8 Å². The molecule has 0 unspecified atom stereocenters. The Labute approximate surface area is 119 Å². The van der Waals surface area contributed by atoms with E-state index in [9.17, 15) is 9.59 Å². The molecule has 3 N–H and O–H groups in total. The van der Waals surface area contributed by atoms with Crippen LogP contribution in [0.25, 0.3) is 0 Å². The molecule has 0 radical (unpaired) electrons. The number of carboxylic acids is 1. The maximum Gasteiger partial charge on any atom is 0.326 e. The van der Waals surface area contributed by atoms with Gasteiger partial charge in [0.05, 0.1) is 0 Å². The molecule has 5 nitrogen and oxygen atoms in total. The third-order valence-corrected chi connectivity index (χ3v) is 3.34. The van der Waals surface area contributed by atoms with E-state index >= 15 is 0 Å². The van der Waals surface area contributed by atoms with Crippen molar-refractivity contribution in [3.63, 3.8) is 0 Å². The molecule has 0 aliphatic carbocycles. The zero-order valence-electron chi connectivity index (χ0n) is 12.1. The Balaban J connectivity index is 2.49. The first-order chi connectivity index (χ1) is 9.43. The minimum Gasteiger partial charge on any atom is -0.480 e. The fraction of sp³-hybridized carbons (Fsp3) is 0.467. The lowest BCUT2D eigenvalue weighted by Crippen LogP contribution is -2.48. The topological polar surface area (TPSA) is 78.4 Å². The molecule has 110 valence electrons. The van der Waals surface area contributed by atoms with Crippen molar-refractivity contribution >= 4 is 12.0 Å². The van der Waals surface area contributed by atoms with Crippen molar-refractivity contribution in [1.29, 1.82) is 0 Å². The number of rotatable bonds is 6. The summed E-state index contributed by atoms with van der Waals surface area (Å²) in [6.07, 6.45) is 0.690. The van der Waals surface area contributed by atoms with E-state index in [1.54, 1.807) is 6.92 Å². The van der Waals surface area contributed by atoms with Gasteiger partial charge in [0.1, 0.15) is 6.04 Å². The molecule has 1 aromatic carbocycles. The van der Waals surface area contributed by atoms with Gasteiger partial charge in [-0.3, -0.25) is 0 Å². The third kappa shape index (κ3) is 4.91. The summed E-state index contributed by atoms with van der Waals surface area (Å²) >= 11 is 0.